The number of nitrogens with one attached hydrogen (secondary N) is 2. The first-order valence-electron chi connectivity index (χ1n) is 11.2. The summed E-state index contributed by atoms with van der Waals surface area (Å²) in [7, 11) is 0. The van der Waals surface area contributed by atoms with E-state index in [0.29, 0.717) is 23.5 Å². The molecular weight excluding hydrogens is 404 g/mol. The minimum Gasteiger partial charge on any atom is -0.488 e. The molecule has 1 fully saturated rings. The summed E-state index contributed by atoms with van der Waals surface area (Å²) in [5, 5.41) is 6.41. The number of hydrogen-bond donors (Lipinski definition) is 2. The number of benzene rings is 2. The van der Waals surface area contributed by atoms with Crippen LogP contribution in [0.15, 0.2) is 48.0 Å². The van der Waals surface area contributed by atoms with Gasteiger partial charge in [-0.15, -0.1) is 0 Å². The summed E-state index contributed by atoms with van der Waals surface area (Å²) >= 11 is 0. The third-order valence-electron chi connectivity index (χ3n) is 5.75. The van der Waals surface area contributed by atoms with Crippen LogP contribution < -0.4 is 15.4 Å². The minimum atomic E-state index is -0.682. The van der Waals surface area contributed by atoms with Crippen molar-refractivity contribution in [2.45, 2.75) is 39.3 Å². The molecule has 1 atom stereocenters. The zero-order valence-electron chi connectivity index (χ0n) is 18.6. The number of ketones is 1. The number of ether oxygens (including phenoxy) is 2. The van der Waals surface area contributed by atoms with Crippen LogP contribution in [0.2, 0.25) is 0 Å². The molecule has 1 unspecified atom stereocenters. The number of amides is 1. The second-order valence-corrected chi connectivity index (χ2v) is 8.39. The van der Waals surface area contributed by atoms with Crippen molar-refractivity contribution in [1.29, 1.82) is 0 Å². The number of hydrogen-bond acceptors (Lipinski definition) is 5. The molecule has 6 heteroatoms. The standard InChI is InChI=1S/C26H30N2O4/c1-3-31-25(17(2)29)22-5-4-6-24-23(22)13-20(16-32-24)26(30)28-21-11-9-19(10-12-21)15-27-14-18-7-8-18/h4-6,9-13,18,25,27H,3,7-8,14-16H2,1-2H3,(H,28,30). The molecule has 1 saturated carbocycles. The Hall–Kier alpha value is -2.96. The van der Waals surface area contributed by atoms with Crippen LogP contribution in [0.1, 0.15) is 49.5 Å². The minimum absolute atomic E-state index is 0.0862. The molecule has 0 spiro atoms. The number of Topliss-reactive ketones (excluding diaryl/α,β-unsaturated/α-hetero) is 1. The summed E-state index contributed by atoms with van der Waals surface area (Å²) in [4.78, 5) is 25.0. The summed E-state index contributed by atoms with van der Waals surface area (Å²) in [5.41, 5.74) is 3.85. The van der Waals surface area contributed by atoms with Gasteiger partial charge in [-0.05, 0) is 74.6 Å². The number of fused-ring (bicyclic) bond motifs is 1. The van der Waals surface area contributed by atoms with Crippen LogP contribution in [-0.4, -0.2) is 31.4 Å². The number of carbonyl (C=O) groups is 2. The third-order valence-corrected chi connectivity index (χ3v) is 5.75. The van der Waals surface area contributed by atoms with Crippen molar-refractivity contribution >= 4 is 23.5 Å². The van der Waals surface area contributed by atoms with Crippen molar-refractivity contribution in [3.8, 4) is 5.75 Å². The van der Waals surface area contributed by atoms with Gasteiger partial charge in [0.25, 0.3) is 5.91 Å². The quantitative estimate of drug-likeness (QED) is 0.584. The van der Waals surface area contributed by atoms with Crippen molar-refractivity contribution in [2.24, 2.45) is 5.92 Å². The van der Waals surface area contributed by atoms with Gasteiger partial charge in [0, 0.05) is 24.4 Å². The fourth-order valence-electron chi connectivity index (χ4n) is 3.83. The van der Waals surface area contributed by atoms with E-state index in [1.54, 1.807) is 6.08 Å². The van der Waals surface area contributed by atoms with Crippen molar-refractivity contribution < 1.29 is 19.1 Å². The predicted molar refractivity (Wildman–Crippen MR) is 124 cm³/mol. The smallest absolute Gasteiger partial charge is 0.255 e. The van der Waals surface area contributed by atoms with Crippen LogP contribution in [-0.2, 0) is 20.9 Å². The highest BCUT2D eigenvalue weighted by molar-refractivity contribution is 6.07. The second-order valence-electron chi connectivity index (χ2n) is 8.39. The van der Waals surface area contributed by atoms with Gasteiger partial charge in [0.15, 0.2) is 5.78 Å². The van der Waals surface area contributed by atoms with Gasteiger partial charge in [-0.2, -0.15) is 0 Å². The Kier molecular flexibility index (Phi) is 7.02. The van der Waals surface area contributed by atoms with E-state index in [-0.39, 0.29) is 18.3 Å². The van der Waals surface area contributed by atoms with E-state index in [0.717, 1.165) is 30.3 Å². The molecule has 1 heterocycles. The highest BCUT2D eigenvalue weighted by Gasteiger charge is 2.25. The van der Waals surface area contributed by atoms with Crippen molar-refractivity contribution in [1.82, 2.24) is 5.32 Å². The molecule has 2 aromatic carbocycles. The maximum Gasteiger partial charge on any atom is 0.255 e. The molecule has 4 rings (SSSR count). The second kappa shape index (κ2) is 10.1. The lowest BCUT2D eigenvalue weighted by Crippen LogP contribution is -2.22. The lowest BCUT2D eigenvalue weighted by atomic mass is 9.95. The van der Waals surface area contributed by atoms with Crippen LogP contribution >= 0.6 is 0 Å². The summed E-state index contributed by atoms with van der Waals surface area (Å²) in [6.07, 6.45) is 3.79. The molecule has 1 aliphatic carbocycles. The van der Waals surface area contributed by atoms with Gasteiger partial charge in [-0.1, -0.05) is 24.3 Å². The first-order chi connectivity index (χ1) is 15.5. The SMILES string of the molecule is CCOC(C(C)=O)c1cccc2c1C=C(C(=O)Nc1ccc(CNCC3CC3)cc1)CO2. The molecule has 168 valence electrons. The predicted octanol–water partition coefficient (Wildman–Crippen LogP) is 4.27. The highest BCUT2D eigenvalue weighted by Crippen LogP contribution is 2.34. The van der Waals surface area contributed by atoms with Gasteiger partial charge < -0.3 is 20.1 Å². The molecule has 0 saturated heterocycles. The fraction of sp³-hybridized carbons (Fsp3) is 0.385. The normalized spacial score (nSPS) is 15.9. The van der Waals surface area contributed by atoms with E-state index in [1.807, 2.05) is 49.4 Å². The summed E-state index contributed by atoms with van der Waals surface area (Å²) in [6.45, 7) is 5.85. The average molecular weight is 435 g/mol. The Morgan fingerprint density at radius 1 is 1.16 bits per heavy atom. The van der Waals surface area contributed by atoms with E-state index < -0.39 is 6.10 Å². The monoisotopic (exact) mass is 434 g/mol. The van der Waals surface area contributed by atoms with Crippen molar-refractivity contribution in [3.05, 3.63) is 64.7 Å². The first kappa shape index (κ1) is 22.2. The zero-order valence-corrected chi connectivity index (χ0v) is 18.6. The van der Waals surface area contributed by atoms with Gasteiger partial charge in [0.05, 0.1) is 5.57 Å². The Labute approximate surface area is 189 Å². The summed E-state index contributed by atoms with van der Waals surface area (Å²) in [5.74, 6) is 1.19. The molecule has 32 heavy (non-hydrogen) atoms. The van der Waals surface area contributed by atoms with Gasteiger partial charge >= 0.3 is 0 Å². The zero-order chi connectivity index (χ0) is 22.5. The molecule has 2 aromatic rings. The molecule has 0 aromatic heterocycles. The topological polar surface area (TPSA) is 76.7 Å². The van der Waals surface area contributed by atoms with E-state index in [1.165, 1.54) is 25.3 Å². The van der Waals surface area contributed by atoms with Gasteiger partial charge in [0.2, 0.25) is 0 Å². The van der Waals surface area contributed by atoms with Crippen molar-refractivity contribution in [2.75, 3.05) is 25.1 Å². The highest BCUT2D eigenvalue weighted by atomic mass is 16.5. The third kappa shape index (κ3) is 5.44. The molecule has 6 nitrogen and oxygen atoms in total. The Morgan fingerprint density at radius 3 is 2.62 bits per heavy atom. The van der Waals surface area contributed by atoms with E-state index in [4.69, 9.17) is 9.47 Å². The molecule has 2 aliphatic rings. The van der Waals surface area contributed by atoms with E-state index >= 15 is 0 Å². The van der Waals surface area contributed by atoms with Gasteiger partial charge in [-0.25, -0.2) is 0 Å². The van der Waals surface area contributed by atoms with Crippen LogP contribution in [0, 0.1) is 5.92 Å². The van der Waals surface area contributed by atoms with E-state index in [2.05, 4.69) is 10.6 Å². The maximum atomic E-state index is 12.9. The Balaban J connectivity index is 1.45. The Morgan fingerprint density at radius 2 is 1.94 bits per heavy atom. The largest absolute Gasteiger partial charge is 0.488 e. The molecular formula is C26H30N2O4. The number of anilines is 1. The average Bonchev–Trinajstić information content (AvgIpc) is 3.62. The maximum absolute atomic E-state index is 12.9. The van der Waals surface area contributed by atoms with Gasteiger partial charge in [0.1, 0.15) is 18.5 Å². The van der Waals surface area contributed by atoms with E-state index in [9.17, 15) is 9.59 Å². The lowest BCUT2D eigenvalue weighted by Gasteiger charge is -2.23. The Bertz CT molecular complexity index is 1010. The number of rotatable bonds is 10. The molecule has 1 aliphatic heterocycles. The number of carbonyl (C=O) groups excluding carboxylic acids is 2. The van der Waals surface area contributed by atoms with Crippen LogP contribution in [0.5, 0.6) is 5.75 Å². The van der Waals surface area contributed by atoms with Gasteiger partial charge in [-0.3, -0.25) is 9.59 Å². The van der Waals surface area contributed by atoms with Crippen LogP contribution in [0.4, 0.5) is 5.69 Å². The lowest BCUT2D eigenvalue weighted by molar-refractivity contribution is -0.128. The fourth-order valence-corrected chi connectivity index (χ4v) is 3.83. The molecule has 1 amide bonds. The van der Waals surface area contributed by atoms with Crippen LogP contribution in [0.3, 0.4) is 0 Å². The summed E-state index contributed by atoms with van der Waals surface area (Å²) in [6, 6.07) is 13.4. The van der Waals surface area contributed by atoms with Crippen LogP contribution in [0.25, 0.3) is 6.08 Å². The molecule has 0 radical (unpaired) electrons. The summed E-state index contributed by atoms with van der Waals surface area (Å²) < 4.78 is 11.5. The molecule has 2 N–H and O–H groups in total. The first-order valence-corrected chi connectivity index (χ1v) is 11.2. The molecule has 0 bridgehead atoms. The van der Waals surface area contributed by atoms with Crippen molar-refractivity contribution in [3.63, 3.8) is 0 Å².